The van der Waals surface area contributed by atoms with E-state index in [-0.39, 0.29) is 6.04 Å². The molecule has 11 heavy (non-hydrogen) atoms. The molecule has 0 fully saturated rings. The summed E-state index contributed by atoms with van der Waals surface area (Å²) in [6.45, 7) is 3.42. The predicted molar refractivity (Wildman–Crippen MR) is 43.8 cm³/mol. The van der Waals surface area contributed by atoms with Gasteiger partial charge in [0.25, 0.3) is 0 Å². The highest BCUT2D eigenvalue weighted by Gasteiger charge is 2.27. The van der Waals surface area contributed by atoms with Crippen LogP contribution in [-0.4, -0.2) is 25.7 Å². The van der Waals surface area contributed by atoms with E-state index < -0.39 is 21.6 Å². The molecule has 0 aromatic rings. The van der Waals surface area contributed by atoms with E-state index in [1.54, 1.807) is 5.70 Å². The van der Waals surface area contributed by atoms with E-state index in [2.05, 4.69) is 6.58 Å². The largest absolute Gasteiger partial charge is 0.463 e. The van der Waals surface area contributed by atoms with Crippen LogP contribution in [0, 0.1) is 0 Å². The lowest BCUT2D eigenvalue weighted by molar-refractivity contribution is -0.130. The summed E-state index contributed by atoms with van der Waals surface area (Å²) in [6.07, 6.45) is -4.79. The lowest BCUT2D eigenvalue weighted by Crippen LogP contribution is -2.17. The van der Waals surface area contributed by atoms with Gasteiger partial charge in [0.15, 0.2) is 9.04 Å². The third kappa shape index (κ3) is 6.33. The van der Waals surface area contributed by atoms with Crippen LogP contribution < -0.4 is 0 Å². The molecule has 0 heterocycles. The third-order valence-corrected chi connectivity index (χ3v) is 5.08. The summed E-state index contributed by atoms with van der Waals surface area (Å²) in [5.74, 6) is 0. The Kier molecular flexibility index (Phi) is 4.70. The molecule has 0 spiro atoms. The van der Waals surface area contributed by atoms with Crippen molar-refractivity contribution in [2.24, 2.45) is 0 Å². The first-order valence-electron chi connectivity index (χ1n) is 3.21. The standard InChI is InChI=1S/C5H11F3OSi2/c1-2-11(9-10)4-3-5(6,7)8/h2,11H,1,3-4H2,10H3. The van der Waals surface area contributed by atoms with Crippen molar-refractivity contribution < 1.29 is 17.3 Å². The number of alkyl halides is 3. The summed E-state index contributed by atoms with van der Waals surface area (Å²) in [4.78, 5) is 0. The Bertz CT molecular complexity index is 125. The van der Waals surface area contributed by atoms with Gasteiger partial charge >= 0.3 is 6.18 Å². The molecule has 1 nitrogen and oxygen atoms in total. The zero-order valence-electron chi connectivity index (χ0n) is 6.32. The van der Waals surface area contributed by atoms with Gasteiger partial charge < -0.3 is 4.12 Å². The topological polar surface area (TPSA) is 9.23 Å². The molecule has 0 rings (SSSR count). The van der Waals surface area contributed by atoms with E-state index in [0.29, 0.717) is 10.5 Å². The smallest absolute Gasteiger partial charge is 0.388 e. The molecule has 0 radical (unpaired) electrons. The molecule has 0 aromatic heterocycles. The molecule has 0 saturated heterocycles. The van der Waals surface area contributed by atoms with E-state index in [9.17, 15) is 13.2 Å². The molecule has 0 saturated carbocycles. The van der Waals surface area contributed by atoms with Crippen molar-refractivity contribution in [3.05, 3.63) is 12.3 Å². The van der Waals surface area contributed by atoms with Crippen LogP contribution in [0.25, 0.3) is 0 Å². The molecule has 0 aliphatic heterocycles. The molecule has 0 amide bonds. The van der Waals surface area contributed by atoms with Gasteiger partial charge in [-0.3, -0.25) is 0 Å². The Hall–Kier alpha value is -0.0762. The summed E-state index contributed by atoms with van der Waals surface area (Å²) in [5, 5.41) is 0. The van der Waals surface area contributed by atoms with Crippen molar-refractivity contribution in [1.29, 1.82) is 0 Å². The Morgan fingerprint density at radius 1 is 1.55 bits per heavy atom. The van der Waals surface area contributed by atoms with E-state index in [4.69, 9.17) is 4.12 Å². The van der Waals surface area contributed by atoms with Crippen molar-refractivity contribution in [1.82, 2.24) is 0 Å². The Balaban J connectivity index is 3.59. The fourth-order valence-corrected chi connectivity index (χ4v) is 3.20. The van der Waals surface area contributed by atoms with Crippen molar-refractivity contribution in [2.75, 3.05) is 0 Å². The van der Waals surface area contributed by atoms with Crippen molar-refractivity contribution in [2.45, 2.75) is 18.6 Å². The molecule has 0 bridgehead atoms. The molecule has 0 aliphatic rings. The molecule has 0 N–H and O–H groups in total. The quantitative estimate of drug-likeness (QED) is 0.607. The van der Waals surface area contributed by atoms with Crippen LogP contribution in [0.1, 0.15) is 6.42 Å². The number of hydrogen-bond acceptors (Lipinski definition) is 1. The van der Waals surface area contributed by atoms with Crippen molar-refractivity contribution in [3.8, 4) is 0 Å². The lowest BCUT2D eigenvalue weighted by atomic mass is 10.5. The zero-order valence-corrected chi connectivity index (χ0v) is 9.47. The van der Waals surface area contributed by atoms with Crippen LogP contribution in [0.15, 0.2) is 12.3 Å². The highest BCUT2D eigenvalue weighted by atomic mass is 28.3. The fraction of sp³-hybridized carbons (Fsp3) is 0.600. The highest BCUT2D eigenvalue weighted by molar-refractivity contribution is 6.60. The molecule has 66 valence electrons. The maximum atomic E-state index is 11.6. The number of rotatable bonds is 4. The van der Waals surface area contributed by atoms with Gasteiger partial charge in [-0.15, -0.1) is 6.58 Å². The SMILES string of the molecule is C=C[SiH](CCC(F)(F)F)O[SiH3]. The summed E-state index contributed by atoms with van der Waals surface area (Å²) < 4.78 is 39.9. The van der Waals surface area contributed by atoms with Crippen LogP contribution in [-0.2, 0) is 4.12 Å². The van der Waals surface area contributed by atoms with Crippen LogP contribution >= 0.6 is 0 Å². The molecule has 6 heteroatoms. The lowest BCUT2D eigenvalue weighted by Gasteiger charge is -2.10. The monoisotopic (exact) mass is 200 g/mol. The first-order valence-corrected chi connectivity index (χ1v) is 5.99. The first kappa shape index (κ1) is 10.9. The molecular formula is C5H11F3OSi2. The molecule has 0 aliphatic carbocycles. The fourth-order valence-electron chi connectivity index (χ4n) is 0.638. The minimum atomic E-state index is -4.05. The zero-order chi connectivity index (χ0) is 8.91. The maximum Gasteiger partial charge on any atom is 0.388 e. The van der Waals surface area contributed by atoms with Crippen molar-refractivity contribution >= 4 is 19.5 Å². The molecule has 1 unspecified atom stereocenters. The molecule has 1 atom stereocenters. The average Bonchev–Trinajstić information content (AvgIpc) is 1.88. The second-order valence-corrected chi connectivity index (χ2v) is 6.17. The summed E-state index contributed by atoms with van der Waals surface area (Å²) >= 11 is 0. The van der Waals surface area contributed by atoms with Gasteiger partial charge in [0.1, 0.15) is 10.5 Å². The van der Waals surface area contributed by atoms with Crippen LogP contribution in [0.4, 0.5) is 13.2 Å². The van der Waals surface area contributed by atoms with Gasteiger partial charge in [0.05, 0.1) is 0 Å². The number of halogens is 3. The summed E-state index contributed by atoms with van der Waals surface area (Å²) in [7, 11) is -1.18. The second kappa shape index (κ2) is 4.73. The third-order valence-electron chi connectivity index (χ3n) is 1.28. The van der Waals surface area contributed by atoms with E-state index >= 15 is 0 Å². The van der Waals surface area contributed by atoms with Crippen molar-refractivity contribution in [3.63, 3.8) is 0 Å². The van der Waals surface area contributed by atoms with Gasteiger partial charge in [0.2, 0.25) is 0 Å². The normalized spacial score (nSPS) is 14.8. The minimum Gasteiger partial charge on any atom is -0.463 e. The predicted octanol–water partition coefficient (Wildman–Crippen LogP) is 0.685. The van der Waals surface area contributed by atoms with Gasteiger partial charge in [0, 0.05) is 6.42 Å². The Labute approximate surface area is 68.5 Å². The van der Waals surface area contributed by atoms with Crippen LogP contribution in [0.3, 0.4) is 0 Å². The van der Waals surface area contributed by atoms with Crippen LogP contribution in [0.5, 0.6) is 0 Å². The van der Waals surface area contributed by atoms with E-state index in [0.717, 1.165) is 0 Å². The van der Waals surface area contributed by atoms with Gasteiger partial charge in [-0.1, -0.05) is 5.70 Å². The average molecular weight is 200 g/mol. The summed E-state index contributed by atoms with van der Waals surface area (Å²) in [5.41, 5.74) is 1.54. The molecular weight excluding hydrogens is 189 g/mol. The minimum absolute atomic E-state index is 0.122. The van der Waals surface area contributed by atoms with E-state index in [1.807, 2.05) is 0 Å². The van der Waals surface area contributed by atoms with Crippen LogP contribution in [0.2, 0.25) is 6.04 Å². The van der Waals surface area contributed by atoms with Gasteiger partial charge in [-0.2, -0.15) is 13.2 Å². The van der Waals surface area contributed by atoms with E-state index in [1.165, 1.54) is 0 Å². The Morgan fingerprint density at radius 3 is 2.36 bits per heavy atom. The Morgan fingerprint density at radius 2 is 2.09 bits per heavy atom. The highest BCUT2D eigenvalue weighted by Crippen LogP contribution is 2.22. The van der Waals surface area contributed by atoms with Gasteiger partial charge in [-0.05, 0) is 6.04 Å². The number of hydrogen-bond donors (Lipinski definition) is 0. The van der Waals surface area contributed by atoms with Gasteiger partial charge in [-0.25, -0.2) is 0 Å². The second-order valence-electron chi connectivity index (χ2n) is 2.16. The summed E-state index contributed by atoms with van der Waals surface area (Å²) in [6, 6.07) is 0.122. The maximum absolute atomic E-state index is 11.6. The first-order chi connectivity index (χ1) is 4.99. The molecule has 0 aromatic carbocycles.